The van der Waals surface area contributed by atoms with Crippen LogP contribution >= 0.6 is 15.1 Å². The maximum Gasteiger partial charge on any atom is 0.416 e. The SMILES string of the molecule is CC(=O)C1=C(O)C2(O)C(OCP(=O)(Oc3ccccc3)N(C)C)=C3C(=O)c4c(O)cccc4C(C)(O)C3CC2C(N(C)C)C1=O.COP(=O)(COc1cccc2c1C(O)=C1C(=O)C3(O)C(O)=C(C(C)=O)C(=O)C(N(C)C)C3CC1C2(C)O)Oc1ccccc1. The van der Waals surface area contributed by atoms with Gasteiger partial charge in [-0.2, -0.15) is 0 Å². The van der Waals surface area contributed by atoms with E-state index in [2.05, 4.69) is 0 Å². The summed E-state index contributed by atoms with van der Waals surface area (Å²) in [6.45, 7) is 4.98. The molecule has 0 amide bonds. The molecule has 0 aliphatic heterocycles. The lowest BCUT2D eigenvalue weighted by Crippen LogP contribution is -2.66. The molecule has 24 nitrogen and oxygen atoms in total. The average molecular weight is 1270 g/mol. The second kappa shape index (κ2) is 23.6. The molecule has 4 aromatic carbocycles. The van der Waals surface area contributed by atoms with Crippen molar-refractivity contribution in [3.63, 3.8) is 0 Å². The van der Waals surface area contributed by atoms with E-state index in [0.29, 0.717) is 0 Å². The number of benzene rings is 4. The summed E-state index contributed by atoms with van der Waals surface area (Å²) in [5, 5.41) is 93.5. The van der Waals surface area contributed by atoms with Gasteiger partial charge in [0.25, 0.3) is 0 Å². The summed E-state index contributed by atoms with van der Waals surface area (Å²) in [5.41, 5.74) is -11.2. The molecule has 1 saturated carbocycles. The highest BCUT2D eigenvalue weighted by Crippen LogP contribution is 2.61. The van der Waals surface area contributed by atoms with Crippen LogP contribution in [0.25, 0.3) is 5.76 Å². The number of likely N-dealkylation sites (N-methyl/N-ethyl adjacent to an activating group) is 2. The van der Waals surface area contributed by atoms with E-state index in [4.69, 9.17) is 23.0 Å². The molecule has 0 radical (unpaired) electrons. The van der Waals surface area contributed by atoms with Crippen molar-refractivity contribution in [1.82, 2.24) is 14.5 Å². The van der Waals surface area contributed by atoms with Crippen molar-refractivity contribution in [2.75, 3.05) is 62.1 Å². The molecule has 0 aromatic heterocycles. The van der Waals surface area contributed by atoms with Crippen LogP contribution in [0.5, 0.6) is 23.0 Å². The van der Waals surface area contributed by atoms with Crippen LogP contribution in [0.1, 0.15) is 67.6 Å². The number of aliphatic hydroxyl groups excluding tert-OH is 3. The van der Waals surface area contributed by atoms with Crippen LogP contribution in [-0.4, -0.2) is 175 Å². The zero-order valence-electron chi connectivity index (χ0n) is 50.7. The summed E-state index contributed by atoms with van der Waals surface area (Å²) < 4.78 is 57.3. The predicted molar refractivity (Wildman–Crippen MR) is 320 cm³/mol. The molecule has 10 rings (SSSR count). The number of aromatic hydroxyl groups is 1. The summed E-state index contributed by atoms with van der Waals surface area (Å²) in [6.07, 6.45) is -1.78. The Morgan fingerprint density at radius 3 is 1.53 bits per heavy atom. The first kappa shape index (κ1) is 65.8. The minimum Gasteiger partial charge on any atom is -0.508 e. The Bertz CT molecular complexity index is 3850. The molecule has 6 aliphatic rings. The number of aliphatic hydroxyl groups is 7. The fourth-order valence-corrected chi connectivity index (χ4v) is 15.6. The second-order valence-corrected chi connectivity index (χ2v) is 28.4. The topological polar surface area (TPSA) is 354 Å². The number of fused-ring (bicyclic) bond motifs is 6. The van der Waals surface area contributed by atoms with Crippen LogP contribution in [0.4, 0.5) is 0 Å². The maximum atomic E-state index is 14.3. The standard InChI is InChI=1S/C32H37N2O10P.C31H34NO11P/c1-17(35)23-28(38)26(33(3)4)21-15-20-25(27(37)24-19(31(20,2)40)13-10-14-22(24)36)30(32(21,41)29(23)39)43-16-45(42,34(5)6)44-18-11-8-7-9-12-18;1-16(33)22-27(35)25(32(3)4)20-14-19-24(29(37)31(20,39)28(22)36)26(34)23-18(30(19,2)38)12-9-13-21(23)42-15-44(40,41-5)43-17-10-7-6-8-11-17/h7-14,20-21,26,36,39-41H,15-16H2,1-6H3;6-13,19-20,25,34,36,38-39H,14-15H2,1-5H3. The van der Waals surface area contributed by atoms with Crippen LogP contribution in [0.2, 0.25) is 0 Å². The number of carbonyl (C=O) groups is 6. The number of rotatable bonds is 16. The summed E-state index contributed by atoms with van der Waals surface area (Å²) in [5.74, 6) is -13.2. The van der Waals surface area contributed by atoms with E-state index in [-0.39, 0.29) is 57.9 Å². The molecule has 474 valence electrons. The number of Topliss-reactive ketones (excluding diaryl/α,β-unsaturated/α-hetero) is 6. The summed E-state index contributed by atoms with van der Waals surface area (Å²) in [6, 6.07) is 22.9. The number of hydrogen-bond donors (Lipinski definition) is 8. The van der Waals surface area contributed by atoms with Crippen LogP contribution < -0.4 is 13.8 Å². The number of phenolic OH excluding ortho intramolecular Hbond substituents is 1. The lowest BCUT2D eigenvalue weighted by Gasteiger charge is -2.54. The summed E-state index contributed by atoms with van der Waals surface area (Å²) in [4.78, 5) is 83.6. The number of para-hydroxylation sites is 2. The fourth-order valence-electron chi connectivity index (χ4n) is 13.4. The minimum atomic E-state index is -3.93. The molecule has 1 fully saturated rings. The molecule has 6 aliphatic carbocycles. The Labute approximate surface area is 512 Å². The van der Waals surface area contributed by atoms with Crippen LogP contribution in [-0.2, 0) is 53.6 Å². The number of carbonyl (C=O) groups excluding carboxylic acids is 6. The van der Waals surface area contributed by atoms with Crippen molar-refractivity contribution in [2.45, 2.75) is 75.0 Å². The molecule has 12 unspecified atom stereocenters. The highest BCUT2D eigenvalue weighted by Gasteiger charge is 2.68. The number of ether oxygens (including phenoxy) is 2. The molecule has 26 heteroatoms. The molecular weight excluding hydrogens is 1200 g/mol. The van der Waals surface area contributed by atoms with Gasteiger partial charge in [0.15, 0.2) is 46.5 Å². The lowest BCUT2D eigenvalue weighted by atomic mass is 9.54. The maximum absolute atomic E-state index is 14.3. The Morgan fingerprint density at radius 2 is 1.04 bits per heavy atom. The zero-order valence-corrected chi connectivity index (χ0v) is 52.4. The third-order valence-electron chi connectivity index (χ3n) is 17.8. The smallest absolute Gasteiger partial charge is 0.416 e. The van der Waals surface area contributed by atoms with Gasteiger partial charge in [-0.3, -0.25) is 43.1 Å². The first-order valence-electron chi connectivity index (χ1n) is 28.2. The Morgan fingerprint density at radius 1 is 0.584 bits per heavy atom. The predicted octanol–water partition coefficient (Wildman–Crippen LogP) is 6.42. The molecule has 0 bridgehead atoms. The molecule has 4 aromatic rings. The van der Waals surface area contributed by atoms with Gasteiger partial charge in [0.2, 0.25) is 12.1 Å². The monoisotopic (exact) mass is 1270 g/mol. The highest BCUT2D eigenvalue weighted by atomic mass is 31.2. The highest BCUT2D eigenvalue weighted by molar-refractivity contribution is 7.56. The number of ketones is 6. The van der Waals surface area contributed by atoms with E-state index >= 15 is 0 Å². The molecule has 89 heavy (non-hydrogen) atoms. The van der Waals surface area contributed by atoms with Crippen molar-refractivity contribution in [3.8, 4) is 23.0 Å². The Hall–Kier alpha value is -7.60. The van der Waals surface area contributed by atoms with Gasteiger partial charge < -0.3 is 63.9 Å². The Kier molecular flexibility index (Phi) is 17.5. The van der Waals surface area contributed by atoms with E-state index < -0.39 is 166 Å². The van der Waals surface area contributed by atoms with Gasteiger partial charge in [-0.1, -0.05) is 60.7 Å². The van der Waals surface area contributed by atoms with Crippen molar-refractivity contribution in [2.24, 2.45) is 23.7 Å². The van der Waals surface area contributed by atoms with Gasteiger partial charge >= 0.3 is 15.1 Å². The van der Waals surface area contributed by atoms with Crippen molar-refractivity contribution < 1.29 is 102 Å². The summed E-state index contributed by atoms with van der Waals surface area (Å²) >= 11 is 0. The van der Waals surface area contributed by atoms with E-state index in [1.54, 1.807) is 74.8 Å². The Balaban J connectivity index is 0.000000211. The van der Waals surface area contributed by atoms with Crippen LogP contribution in [0.15, 0.2) is 137 Å². The van der Waals surface area contributed by atoms with Gasteiger partial charge in [-0.05, 0) is 130 Å². The summed E-state index contributed by atoms with van der Waals surface area (Å²) in [7, 11) is 2.54. The van der Waals surface area contributed by atoms with Gasteiger partial charge in [-0.15, -0.1) is 0 Å². The van der Waals surface area contributed by atoms with Crippen molar-refractivity contribution in [3.05, 3.63) is 159 Å². The van der Waals surface area contributed by atoms with Crippen molar-refractivity contribution >= 4 is 55.6 Å². The van der Waals surface area contributed by atoms with E-state index in [1.807, 2.05) is 0 Å². The molecule has 8 N–H and O–H groups in total. The van der Waals surface area contributed by atoms with Crippen LogP contribution in [0.3, 0.4) is 0 Å². The lowest BCUT2D eigenvalue weighted by molar-refractivity contribution is -0.159. The largest absolute Gasteiger partial charge is 0.508 e. The number of nitrogens with zero attached hydrogens (tertiary/aromatic N) is 3. The third-order valence-corrected chi connectivity index (χ3v) is 21.5. The first-order chi connectivity index (χ1) is 41.6. The van der Waals surface area contributed by atoms with Gasteiger partial charge in [0.1, 0.15) is 57.2 Å². The second-order valence-electron chi connectivity index (χ2n) is 23.9. The van der Waals surface area contributed by atoms with Crippen LogP contribution in [0, 0.1) is 23.7 Å². The fraction of sp³-hybridized carbons (Fsp3) is 0.397. The van der Waals surface area contributed by atoms with E-state index in [0.717, 1.165) is 13.8 Å². The number of phenols is 1. The molecule has 0 heterocycles. The normalized spacial score (nSPS) is 29.4. The van der Waals surface area contributed by atoms with Gasteiger partial charge in [-0.25, -0.2) is 9.24 Å². The molecule has 12 atom stereocenters. The molecule has 0 spiro atoms. The van der Waals surface area contributed by atoms with Gasteiger partial charge in [0.05, 0.1) is 34.4 Å². The minimum absolute atomic E-state index is 0.0729. The van der Waals surface area contributed by atoms with E-state index in [1.165, 1.54) is 100 Å². The average Bonchev–Trinajstić information content (AvgIpc) is 0.697. The van der Waals surface area contributed by atoms with Crippen molar-refractivity contribution in [1.29, 1.82) is 0 Å². The molecular formula is C63H71N3O21P2. The first-order valence-corrected chi connectivity index (χ1v) is 31.7. The third kappa shape index (κ3) is 10.7. The number of hydrogen-bond acceptors (Lipinski definition) is 23. The van der Waals surface area contributed by atoms with Gasteiger partial charge in [0, 0.05) is 41.9 Å². The van der Waals surface area contributed by atoms with E-state index in [9.17, 15) is 78.7 Å². The quantitative estimate of drug-likeness (QED) is 0.0443. The zero-order chi connectivity index (χ0) is 65.6. The molecule has 0 saturated heterocycles.